The minimum Gasteiger partial charge on any atom is -0.289 e. The van der Waals surface area contributed by atoms with Gasteiger partial charge in [0.25, 0.3) is 11.3 Å². The molecule has 0 radical (unpaired) electrons. The summed E-state index contributed by atoms with van der Waals surface area (Å²) in [5, 5.41) is 0. The Morgan fingerprint density at radius 3 is 2.21 bits per heavy atom. The third-order valence-corrected chi connectivity index (χ3v) is 2.46. The van der Waals surface area contributed by atoms with Gasteiger partial charge in [0.15, 0.2) is 0 Å². The minimum atomic E-state index is -2.27. The third kappa shape index (κ3) is 2.49. The fourth-order valence-electron chi connectivity index (χ4n) is 1.07. The fraction of sp³-hybridized carbons (Fsp3) is 0.250. The highest BCUT2D eigenvalue weighted by Gasteiger charge is 2.11. The van der Waals surface area contributed by atoms with Gasteiger partial charge in [0.05, 0.1) is 5.69 Å². The lowest BCUT2D eigenvalue weighted by Gasteiger charge is -2.17. The largest absolute Gasteiger partial charge is 0.289 e. The van der Waals surface area contributed by atoms with Crippen LogP contribution in [0.3, 0.4) is 0 Å². The van der Waals surface area contributed by atoms with Crippen LogP contribution in [0.25, 0.3) is 0 Å². The Morgan fingerprint density at radius 2 is 1.86 bits per heavy atom. The van der Waals surface area contributed by atoms with E-state index in [0.717, 1.165) is 16.4 Å². The van der Waals surface area contributed by atoms with Crippen LogP contribution < -0.4 is 4.31 Å². The molecule has 1 N–H and O–H groups in total. The van der Waals surface area contributed by atoms with E-state index in [1.54, 1.807) is 6.92 Å². The summed E-state index contributed by atoms with van der Waals surface area (Å²) < 4.78 is 46.0. The van der Waals surface area contributed by atoms with Crippen molar-refractivity contribution in [3.63, 3.8) is 0 Å². The van der Waals surface area contributed by atoms with Crippen LogP contribution in [0.15, 0.2) is 18.2 Å². The lowest BCUT2D eigenvalue weighted by molar-refractivity contribution is 0.558. The molecule has 0 heterocycles. The first-order valence-corrected chi connectivity index (χ1v) is 4.95. The second-order valence-corrected chi connectivity index (χ2v) is 3.46. The van der Waals surface area contributed by atoms with E-state index in [-0.39, 0.29) is 12.2 Å². The molecule has 0 aliphatic carbocycles. The van der Waals surface area contributed by atoms with Gasteiger partial charge in [0.1, 0.15) is 11.6 Å². The Balaban J connectivity index is 3.10. The molecule has 0 saturated carbocycles. The van der Waals surface area contributed by atoms with E-state index in [4.69, 9.17) is 4.55 Å². The van der Waals surface area contributed by atoms with Gasteiger partial charge in [-0.2, -0.15) is 0 Å². The first-order valence-electron chi connectivity index (χ1n) is 3.89. The number of hydrogen-bond acceptors (Lipinski definition) is 1. The van der Waals surface area contributed by atoms with Crippen molar-refractivity contribution in [3.8, 4) is 0 Å². The van der Waals surface area contributed by atoms with Gasteiger partial charge in [-0.3, -0.25) is 8.86 Å². The van der Waals surface area contributed by atoms with Crippen LogP contribution in [-0.2, 0) is 11.3 Å². The van der Waals surface area contributed by atoms with E-state index < -0.39 is 22.9 Å². The Morgan fingerprint density at radius 1 is 1.36 bits per heavy atom. The number of halogens is 2. The highest BCUT2D eigenvalue weighted by Crippen LogP contribution is 2.18. The number of nitrogens with zero attached hydrogens (tertiary/aromatic N) is 1. The zero-order valence-corrected chi connectivity index (χ0v) is 8.22. The summed E-state index contributed by atoms with van der Waals surface area (Å²) in [6.45, 7) is 1.79. The van der Waals surface area contributed by atoms with Crippen LogP contribution in [0, 0.1) is 11.6 Å². The first kappa shape index (κ1) is 11.1. The van der Waals surface area contributed by atoms with Crippen molar-refractivity contribution < 1.29 is 17.5 Å². The molecule has 1 atom stereocenters. The second kappa shape index (κ2) is 4.47. The molecule has 0 bridgehead atoms. The van der Waals surface area contributed by atoms with E-state index in [2.05, 4.69) is 0 Å². The zero-order chi connectivity index (χ0) is 10.7. The molecule has 0 saturated heterocycles. The van der Waals surface area contributed by atoms with Crippen LogP contribution in [0.5, 0.6) is 0 Å². The molecule has 0 aliphatic heterocycles. The summed E-state index contributed by atoms with van der Waals surface area (Å²) in [6, 6.07) is 2.71. The average molecular weight is 221 g/mol. The molecular weight excluding hydrogens is 212 g/mol. The number of anilines is 1. The van der Waals surface area contributed by atoms with Crippen molar-refractivity contribution >= 4 is 17.0 Å². The van der Waals surface area contributed by atoms with E-state index >= 15 is 0 Å². The molecule has 1 unspecified atom stereocenters. The molecular formula is C8H9F2NO2S. The van der Waals surface area contributed by atoms with Crippen LogP contribution in [-0.4, -0.2) is 15.3 Å². The van der Waals surface area contributed by atoms with Crippen molar-refractivity contribution in [2.24, 2.45) is 0 Å². The van der Waals surface area contributed by atoms with Gasteiger partial charge in [0, 0.05) is 12.6 Å². The van der Waals surface area contributed by atoms with Gasteiger partial charge >= 0.3 is 0 Å². The standard InChI is InChI=1S/C8H9F2NO2S/c1-2-11(14(12)13)8-4-6(9)3-7(10)5-8/h3-5H,2H2,1H3,(H,12,13). The Hall–Kier alpha value is -1.01. The number of benzene rings is 1. The third-order valence-electron chi connectivity index (χ3n) is 1.61. The van der Waals surface area contributed by atoms with Gasteiger partial charge in [-0.05, 0) is 19.1 Å². The van der Waals surface area contributed by atoms with Crippen LogP contribution in [0.1, 0.15) is 6.92 Å². The molecule has 0 aliphatic rings. The Labute approximate surface area is 82.8 Å². The molecule has 3 nitrogen and oxygen atoms in total. The summed E-state index contributed by atoms with van der Waals surface area (Å²) >= 11 is -2.27. The van der Waals surface area contributed by atoms with Crippen LogP contribution in [0.2, 0.25) is 0 Å². The predicted octanol–water partition coefficient (Wildman–Crippen LogP) is 1.93. The maximum Gasteiger partial charge on any atom is 0.261 e. The smallest absolute Gasteiger partial charge is 0.261 e. The molecule has 0 spiro atoms. The van der Waals surface area contributed by atoms with E-state index in [1.807, 2.05) is 0 Å². The summed E-state index contributed by atoms with van der Waals surface area (Å²) in [5.41, 5.74) is 0.0471. The second-order valence-electron chi connectivity index (χ2n) is 2.55. The molecule has 14 heavy (non-hydrogen) atoms. The summed E-state index contributed by atoms with van der Waals surface area (Å²) in [7, 11) is 0. The molecule has 1 rings (SSSR count). The van der Waals surface area contributed by atoms with Gasteiger partial charge < -0.3 is 0 Å². The summed E-state index contributed by atoms with van der Waals surface area (Å²) in [6.07, 6.45) is 0. The topological polar surface area (TPSA) is 40.5 Å². The van der Waals surface area contributed by atoms with Crippen molar-refractivity contribution in [1.29, 1.82) is 0 Å². The highest BCUT2D eigenvalue weighted by atomic mass is 32.2. The van der Waals surface area contributed by atoms with Crippen LogP contribution >= 0.6 is 0 Å². The van der Waals surface area contributed by atoms with Crippen molar-refractivity contribution in [2.45, 2.75) is 6.92 Å². The van der Waals surface area contributed by atoms with Gasteiger partial charge in [0.2, 0.25) is 0 Å². The van der Waals surface area contributed by atoms with Crippen molar-refractivity contribution in [3.05, 3.63) is 29.8 Å². The van der Waals surface area contributed by atoms with E-state index in [1.165, 1.54) is 0 Å². The van der Waals surface area contributed by atoms with E-state index in [9.17, 15) is 13.0 Å². The predicted molar refractivity (Wildman–Crippen MR) is 50.1 cm³/mol. The fourth-order valence-corrected chi connectivity index (χ4v) is 1.57. The first-order chi connectivity index (χ1) is 6.54. The lowest BCUT2D eigenvalue weighted by atomic mass is 10.3. The van der Waals surface area contributed by atoms with Gasteiger partial charge in [-0.1, -0.05) is 0 Å². The maximum absolute atomic E-state index is 12.7. The Kier molecular flexibility index (Phi) is 3.54. The zero-order valence-electron chi connectivity index (χ0n) is 7.41. The number of rotatable bonds is 3. The number of hydrogen-bond donors (Lipinski definition) is 1. The van der Waals surface area contributed by atoms with Gasteiger partial charge in [-0.15, -0.1) is 0 Å². The lowest BCUT2D eigenvalue weighted by Crippen LogP contribution is -2.24. The monoisotopic (exact) mass is 221 g/mol. The molecule has 6 heteroatoms. The van der Waals surface area contributed by atoms with Gasteiger partial charge in [-0.25, -0.2) is 13.0 Å². The minimum absolute atomic E-state index is 0.0471. The van der Waals surface area contributed by atoms with E-state index in [0.29, 0.717) is 6.07 Å². The molecule has 0 aromatic heterocycles. The summed E-state index contributed by atoms with van der Waals surface area (Å²) in [4.78, 5) is 0. The molecule has 0 amide bonds. The molecule has 1 aromatic carbocycles. The quantitative estimate of drug-likeness (QED) is 0.792. The Bertz CT molecular complexity index is 339. The van der Waals surface area contributed by atoms with Crippen molar-refractivity contribution in [1.82, 2.24) is 0 Å². The van der Waals surface area contributed by atoms with Crippen LogP contribution in [0.4, 0.5) is 14.5 Å². The highest BCUT2D eigenvalue weighted by molar-refractivity contribution is 7.80. The van der Waals surface area contributed by atoms with Crippen molar-refractivity contribution in [2.75, 3.05) is 10.8 Å². The summed E-state index contributed by atoms with van der Waals surface area (Å²) in [5.74, 6) is -1.55. The SMILES string of the molecule is CCN(c1cc(F)cc(F)c1)S(=O)O. The average Bonchev–Trinajstić information content (AvgIpc) is 2.02. The molecule has 1 aromatic rings. The molecule has 0 fully saturated rings. The maximum atomic E-state index is 12.7. The molecule has 78 valence electrons. The normalized spacial score (nSPS) is 12.6.